The van der Waals surface area contributed by atoms with Crippen molar-refractivity contribution in [2.24, 2.45) is 0 Å². The maximum atomic E-state index is 13.4. The van der Waals surface area contributed by atoms with Crippen molar-refractivity contribution in [3.63, 3.8) is 0 Å². The molecule has 1 aliphatic heterocycles. The molecule has 240 valence electrons. The summed E-state index contributed by atoms with van der Waals surface area (Å²) in [6.07, 6.45) is 4.70. The first kappa shape index (κ1) is 34.2. The minimum absolute atomic E-state index is 0.0602. The molecule has 0 spiro atoms. The fourth-order valence-corrected chi connectivity index (χ4v) is 6.55. The number of hydrogen-bond acceptors (Lipinski definition) is 8. The molecule has 0 bridgehead atoms. The summed E-state index contributed by atoms with van der Waals surface area (Å²) in [5.41, 5.74) is 4.14. The van der Waals surface area contributed by atoms with Crippen molar-refractivity contribution in [3.8, 4) is 5.75 Å². The zero-order chi connectivity index (χ0) is 32.9. The highest BCUT2D eigenvalue weighted by molar-refractivity contribution is 7.88. The number of rotatable bonds is 11. The van der Waals surface area contributed by atoms with Gasteiger partial charge in [-0.25, -0.2) is 18.4 Å². The third kappa shape index (κ3) is 8.12. The van der Waals surface area contributed by atoms with Crippen LogP contribution < -0.4 is 19.9 Å². The van der Waals surface area contributed by atoms with Gasteiger partial charge in [0.25, 0.3) is 0 Å². The second kappa shape index (κ2) is 14.6. The molecule has 3 aromatic rings. The van der Waals surface area contributed by atoms with Gasteiger partial charge in [-0.15, -0.1) is 0 Å². The van der Waals surface area contributed by atoms with Crippen molar-refractivity contribution in [1.82, 2.24) is 14.3 Å². The number of carbonyl (C=O) groups excluding carboxylic acids is 2. The molecule has 14 heteroatoms. The van der Waals surface area contributed by atoms with Crippen molar-refractivity contribution >= 4 is 62.2 Å². The Kier molecular flexibility index (Phi) is 11.1. The summed E-state index contributed by atoms with van der Waals surface area (Å²) >= 11 is 13.1. The van der Waals surface area contributed by atoms with Crippen LogP contribution in [-0.2, 0) is 38.9 Å². The fourth-order valence-electron chi connectivity index (χ4n) is 5.04. The number of likely N-dealkylation sites (N-methyl/N-ethyl adjacent to an activating group) is 1. The molecule has 4 rings (SSSR count). The highest BCUT2D eigenvalue weighted by atomic mass is 35.5. The van der Waals surface area contributed by atoms with E-state index < -0.39 is 10.0 Å². The lowest BCUT2D eigenvalue weighted by Crippen LogP contribution is -2.48. The van der Waals surface area contributed by atoms with E-state index in [2.05, 4.69) is 26.8 Å². The molecule has 1 aromatic heterocycles. The van der Waals surface area contributed by atoms with E-state index in [1.165, 1.54) is 35.0 Å². The number of aryl methyl sites for hydroxylation is 1. The topological polar surface area (TPSA) is 125 Å². The SMILES string of the molecule is C=CC(=O)Nc1cc(N2CCN(S(C)(=O)=O)CC2)ccc1Cc1cc(N(C)C(=O)Cc2c(Cl)c(CC)cc(OC)c2Cl)ncn1. The lowest BCUT2D eigenvalue weighted by atomic mass is 10.0. The van der Waals surface area contributed by atoms with Crippen molar-refractivity contribution < 1.29 is 22.7 Å². The first-order valence-electron chi connectivity index (χ1n) is 14.2. The van der Waals surface area contributed by atoms with Gasteiger partial charge in [-0.05, 0) is 41.8 Å². The third-order valence-electron chi connectivity index (χ3n) is 7.67. The number of benzene rings is 2. The van der Waals surface area contributed by atoms with Crippen LogP contribution in [0.25, 0.3) is 0 Å². The Bertz CT molecular complexity index is 1680. The summed E-state index contributed by atoms with van der Waals surface area (Å²) in [5.74, 6) is 0.185. The van der Waals surface area contributed by atoms with Gasteiger partial charge in [0.1, 0.15) is 17.9 Å². The van der Waals surface area contributed by atoms with Gasteiger partial charge in [0.05, 0.1) is 30.5 Å². The highest BCUT2D eigenvalue weighted by Crippen LogP contribution is 2.37. The first-order valence-corrected chi connectivity index (χ1v) is 16.8. The van der Waals surface area contributed by atoms with Gasteiger partial charge < -0.3 is 15.0 Å². The number of hydrogen-bond donors (Lipinski definition) is 1. The molecule has 1 saturated heterocycles. The van der Waals surface area contributed by atoms with E-state index in [0.717, 1.165) is 16.8 Å². The van der Waals surface area contributed by atoms with Gasteiger partial charge >= 0.3 is 0 Å². The van der Waals surface area contributed by atoms with E-state index in [9.17, 15) is 18.0 Å². The summed E-state index contributed by atoms with van der Waals surface area (Å²) in [5, 5.41) is 3.60. The number of amides is 2. The molecule has 1 aliphatic rings. The maximum Gasteiger partial charge on any atom is 0.247 e. The quantitative estimate of drug-likeness (QED) is 0.298. The Balaban J connectivity index is 1.55. The van der Waals surface area contributed by atoms with Gasteiger partial charge in [-0.2, -0.15) is 4.31 Å². The molecule has 11 nitrogen and oxygen atoms in total. The van der Waals surface area contributed by atoms with Crippen LogP contribution in [0, 0.1) is 0 Å². The van der Waals surface area contributed by atoms with Crippen LogP contribution in [0.15, 0.2) is 49.3 Å². The molecule has 2 heterocycles. The van der Waals surface area contributed by atoms with E-state index >= 15 is 0 Å². The number of ether oxygens (including phenoxy) is 1. The second-order valence-corrected chi connectivity index (χ2v) is 13.3. The Morgan fingerprint density at radius 3 is 2.42 bits per heavy atom. The molecule has 1 N–H and O–H groups in total. The summed E-state index contributed by atoms with van der Waals surface area (Å²) in [6.45, 7) is 7.30. The minimum atomic E-state index is -3.26. The van der Waals surface area contributed by atoms with Crippen LogP contribution in [0.4, 0.5) is 17.2 Å². The summed E-state index contributed by atoms with van der Waals surface area (Å²) < 4.78 is 30.7. The lowest BCUT2D eigenvalue weighted by molar-refractivity contribution is -0.117. The predicted molar refractivity (Wildman–Crippen MR) is 178 cm³/mol. The molecule has 0 unspecified atom stereocenters. The van der Waals surface area contributed by atoms with Gasteiger partial charge in [0.15, 0.2) is 0 Å². The Hall–Kier alpha value is -3.71. The van der Waals surface area contributed by atoms with Crippen LogP contribution in [0.1, 0.15) is 29.3 Å². The van der Waals surface area contributed by atoms with E-state index in [4.69, 9.17) is 27.9 Å². The zero-order valence-corrected chi connectivity index (χ0v) is 28.0. The van der Waals surface area contributed by atoms with Crippen LogP contribution in [0.2, 0.25) is 10.0 Å². The van der Waals surface area contributed by atoms with Crippen LogP contribution in [0.5, 0.6) is 5.75 Å². The fraction of sp³-hybridized carbons (Fsp3) is 0.355. The third-order valence-corrected chi connectivity index (χ3v) is 9.86. The summed E-state index contributed by atoms with van der Waals surface area (Å²) in [4.78, 5) is 37.9. The van der Waals surface area contributed by atoms with E-state index in [-0.39, 0.29) is 18.2 Å². The number of methoxy groups -OCH3 is 1. The number of aromatic nitrogens is 2. The summed E-state index contributed by atoms with van der Waals surface area (Å²) in [6, 6.07) is 9.17. The molecule has 2 amide bonds. The number of nitrogens with one attached hydrogen (secondary N) is 1. The number of halogens is 2. The van der Waals surface area contributed by atoms with Crippen LogP contribution >= 0.6 is 23.2 Å². The molecule has 0 aliphatic carbocycles. The monoisotopic (exact) mass is 674 g/mol. The standard InChI is InChI=1S/C31H36Cl2N6O5S/c1-6-20-15-26(44-4)31(33)24(30(20)32)18-29(41)37(3)27-16-22(34-19-35-27)14-21-8-9-23(17-25(21)36-28(40)7-2)38-10-12-39(13-11-38)45(5,42)43/h7-9,15-17,19H,2,6,10-14,18H2,1,3-5H3,(H,36,40). The molecule has 1 fully saturated rings. The average molecular weight is 676 g/mol. The van der Waals surface area contributed by atoms with Crippen LogP contribution in [0.3, 0.4) is 0 Å². The molecule has 0 atom stereocenters. The average Bonchev–Trinajstić information content (AvgIpc) is 3.03. The first-order chi connectivity index (χ1) is 21.4. The van der Waals surface area contributed by atoms with Crippen molar-refractivity contribution in [1.29, 1.82) is 0 Å². The Morgan fingerprint density at radius 1 is 1.09 bits per heavy atom. The molecular formula is C31H36Cl2N6O5S. The molecule has 2 aromatic carbocycles. The molecular weight excluding hydrogens is 639 g/mol. The van der Waals surface area contributed by atoms with Crippen molar-refractivity contribution in [3.05, 3.63) is 81.7 Å². The lowest BCUT2D eigenvalue weighted by Gasteiger charge is -2.35. The van der Waals surface area contributed by atoms with Crippen molar-refractivity contribution in [2.75, 3.05) is 61.7 Å². The number of carbonyl (C=O) groups is 2. The van der Waals surface area contributed by atoms with Gasteiger partial charge in [0.2, 0.25) is 21.8 Å². The Morgan fingerprint density at radius 2 is 1.80 bits per heavy atom. The summed E-state index contributed by atoms with van der Waals surface area (Å²) in [7, 11) is -0.127. The zero-order valence-electron chi connectivity index (χ0n) is 25.6. The molecule has 0 radical (unpaired) electrons. The van der Waals surface area contributed by atoms with Crippen molar-refractivity contribution in [2.45, 2.75) is 26.2 Å². The minimum Gasteiger partial charge on any atom is -0.495 e. The second-order valence-electron chi connectivity index (χ2n) is 10.6. The van der Waals surface area contributed by atoms with Gasteiger partial charge in [-0.1, -0.05) is 42.8 Å². The molecule has 45 heavy (non-hydrogen) atoms. The molecule has 0 saturated carbocycles. The van der Waals surface area contributed by atoms with E-state index in [1.54, 1.807) is 19.2 Å². The number of sulfonamides is 1. The predicted octanol–water partition coefficient (Wildman–Crippen LogP) is 4.36. The van der Waals surface area contributed by atoms with Crippen LogP contribution in [-0.4, -0.2) is 81.1 Å². The maximum absolute atomic E-state index is 13.4. The van der Waals surface area contributed by atoms with E-state index in [1.807, 2.05) is 25.1 Å². The van der Waals surface area contributed by atoms with Gasteiger partial charge in [0, 0.05) is 67.7 Å². The van der Waals surface area contributed by atoms with Gasteiger partial charge in [-0.3, -0.25) is 14.5 Å². The number of nitrogens with zero attached hydrogens (tertiary/aromatic N) is 5. The van der Waals surface area contributed by atoms with E-state index in [0.29, 0.717) is 77.6 Å². The highest BCUT2D eigenvalue weighted by Gasteiger charge is 2.25. The largest absolute Gasteiger partial charge is 0.495 e. The normalized spacial score (nSPS) is 13.8. The smallest absolute Gasteiger partial charge is 0.247 e. The number of anilines is 3. The Labute approximate surface area is 273 Å². The number of piperazine rings is 1.